The van der Waals surface area contributed by atoms with Gasteiger partial charge in [-0.25, -0.2) is 4.39 Å². The van der Waals surface area contributed by atoms with E-state index < -0.39 is 0 Å². The molecule has 1 fully saturated rings. The van der Waals surface area contributed by atoms with Crippen LogP contribution in [-0.2, 0) is 4.79 Å². The maximum absolute atomic E-state index is 13.0. The van der Waals surface area contributed by atoms with E-state index in [4.69, 9.17) is 10.2 Å². The molecule has 5 nitrogen and oxygen atoms in total. The van der Waals surface area contributed by atoms with Crippen LogP contribution in [0.2, 0.25) is 0 Å². The smallest absolute Gasteiger partial charge is 0.289 e. The number of primary amides is 1. The molecule has 1 atom stereocenters. The van der Waals surface area contributed by atoms with Crippen molar-refractivity contribution in [2.24, 2.45) is 11.7 Å². The molecule has 3 rings (SSSR count). The third kappa shape index (κ3) is 3.64. The SMILES string of the molecule is NC(=O)CC1CCCN(C(=O)c2ccc(-c3ccc(F)cc3)o2)C1. The summed E-state index contributed by atoms with van der Waals surface area (Å²) >= 11 is 0. The summed E-state index contributed by atoms with van der Waals surface area (Å²) in [6, 6.07) is 9.22. The number of amides is 2. The second kappa shape index (κ2) is 6.86. The van der Waals surface area contributed by atoms with Crippen molar-refractivity contribution in [3.8, 4) is 11.3 Å². The lowest BCUT2D eigenvalue weighted by molar-refractivity contribution is -0.119. The quantitative estimate of drug-likeness (QED) is 0.936. The van der Waals surface area contributed by atoms with Crippen molar-refractivity contribution in [2.75, 3.05) is 13.1 Å². The average Bonchev–Trinajstić information content (AvgIpc) is 3.04. The maximum atomic E-state index is 13.0. The Bertz CT molecular complexity index is 739. The Hall–Kier alpha value is -2.63. The molecule has 2 heterocycles. The molecule has 0 saturated carbocycles. The molecule has 0 radical (unpaired) electrons. The fourth-order valence-corrected chi connectivity index (χ4v) is 3.08. The van der Waals surface area contributed by atoms with Crippen molar-refractivity contribution < 1.29 is 18.4 Å². The van der Waals surface area contributed by atoms with Crippen molar-refractivity contribution in [3.63, 3.8) is 0 Å². The lowest BCUT2D eigenvalue weighted by atomic mass is 9.94. The molecule has 2 N–H and O–H groups in total. The summed E-state index contributed by atoms with van der Waals surface area (Å²) in [5, 5.41) is 0. The van der Waals surface area contributed by atoms with E-state index in [0.29, 0.717) is 30.8 Å². The molecule has 1 aromatic heterocycles. The molecule has 1 saturated heterocycles. The number of rotatable bonds is 4. The minimum Gasteiger partial charge on any atom is -0.451 e. The van der Waals surface area contributed by atoms with Gasteiger partial charge in [0.15, 0.2) is 5.76 Å². The number of hydrogen-bond donors (Lipinski definition) is 1. The number of likely N-dealkylation sites (tertiary alicyclic amines) is 1. The van der Waals surface area contributed by atoms with Crippen LogP contribution in [0.3, 0.4) is 0 Å². The molecule has 0 aliphatic carbocycles. The summed E-state index contributed by atoms with van der Waals surface area (Å²) in [5.74, 6) is 0.00340. The predicted molar refractivity (Wildman–Crippen MR) is 86.5 cm³/mol. The highest BCUT2D eigenvalue weighted by Crippen LogP contribution is 2.25. The van der Waals surface area contributed by atoms with Crippen LogP contribution in [0.25, 0.3) is 11.3 Å². The van der Waals surface area contributed by atoms with E-state index in [1.807, 2.05) is 0 Å². The van der Waals surface area contributed by atoms with Gasteiger partial charge in [-0.05, 0) is 55.2 Å². The standard InChI is InChI=1S/C18H19FN2O3/c19-14-5-3-13(4-6-14)15-7-8-16(24-15)18(23)21-9-1-2-12(11-21)10-17(20)22/h3-8,12H,1-2,9-11H2,(H2,20,22). The molecule has 0 spiro atoms. The van der Waals surface area contributed by atoms with Gasteiger partial charge in [0.1, 0.15) is 11.6 Å². The third-order valence-corrected chi connectivity index (χ3v) is 4.24. The predicted octanol–water partition coefficient (Wildman–Crippen LogP) is 2.81. The van der Waals surface area contributed by atoms with Gasteiger partial charge in [0, 0.05) is 25.1 Å². The number of furan rings is 1. The topological polar surface area (TPSA) is 76.5 Å². The van der Waals surface area contributed by atoms with Crippen molar-refractivity contribution >= 4 is 11.8 Å². The fraction of sp³-hybridized carbons (Fsp3) is 0.333. The molecule has 2 amide bonds. The van der Waals surface area contributed by atoms with Crippen LogP contribution in [0, 0.1) is 11.7 Å². The largest absolute Gasteiger partial charge is 0.451 e. The Kier molecular flexibility index (Phi) is 4.64. The molecular formula is C18H19FN2O3. The molecule has 24 heavy (non-hydrogen) atoms. The monoisotopic (exact) mass is 330 g/mol. The van der Waals surface area contributed by atoms with Gasteiger partial charge < -0.3 is 15.1 Å². The molecule has 1 aliphatic rings. The molecule has 126 valence electrons. The zero-order valence-electron chi connectivity index (χ0n) is 13.2. The van der Waals surface area contributed by atoms with Gasteiger partial charge in [-0.15, -0.1) is 0 Å². The molecular weight excluding hydrogens is 311 g/mol. The normalized spacial score (nSPS) is 17.7. The van der Waals surface area contributed by atoms with Crippen LogP contribution in [0.4, 0.5) is 4.39 Å². The number of halogens is 1. The second-order valence-corrected chi connectivity index (χ2v) is 6.10. The summed E-state index contributed by atoms with van der Waals surface area (Å²) in [5.41, 5.74) is 5.96. The highest BCUT2D eigenvalue weighted by atomic mass is 19.1. The van der Waals surface area contributed by atoms with Crippen LogP contribution in [0.15, 0.2) is 40.8 Å². The Morgan fingerprint density at radius 2 is 1.96 bits per heavy atom. The molecule has 2 aromatic rings. The Labute approximate surface area is 139 Å². The van der Waals surface area contributed by atoms with Crippen molar-refractivity contribution in [3.05, 3.63) is 48.0 Å². The number of nitrogens with zero attached hydrogens (tertiary/aromatic N) is 1. The molecule has 6 heteroatoms. The van der Waals surface area contributed by atoms with Gasteiger partial charge in [-0.2, -0.15) is 0 Å². The number of carbonyl (C=O) groups excluding carboxylic acids is 2. The minimum absolute atomic E-state index is 0.103. The minimum atomic E-state index is -0.342. The van der Waals surface area contributed by atoms with Crippen molar-refractivity contribution in [1.82, 2.24) is 4.90 Å². The first-order valence-electron chi connectivity index (χ1n) is 7.96. The van der Waals surface area contributed by atoms with Crippen LogP contribution >= 0.6 is 0 Å². The highest BCUT2D eigenvalue weighted by molar-refractivity contribution is 5.92. The fourth-order valence-electron chi connectivity index (χ4n) is 3.08. The van der Waals surface area contributed by atoms with Gasteiger partial charge >= 0.3 is 0 Å². The first kappa shape index (κ1) is 16.2. The van der Waals surface area contributed by atoms with Crippen LogP contribution < -0.4 is 5.73 Å². The van der Waals surface area contributed by atoms with Gasteiger partial charge in [-0.1, -0.05) is 0 Å². The van der Waals surface area contributed by atoms with E-state index in [1.54, 1.807) is 29.2 Å². The van der Waals surface area contributed by atoms with E-state index in [0.717, 1.165) is 12.8 Å². The number of nitrogens with two attached hydrogens (primary N) is 1. The molecule has 1 aromatic carbocycles. The summed E-state index contributed by atoms with van der Waals surface area (Å²) in [6.45, 7) is 1.15. The summed E-state index contributed by atoms with van der Waals surface area (Å²) < 4.78 is 18.6. The number of carbonyl (C=O) groups is 2. The third-order valence-electron chi connectivity index (χ3n) is 4.24. The Morgan fingerprint density at radius 3 is 2.67 bits per heavy atom. The summed E-state index contributed by atoms with van der Waals surface area (Å²) in [4.78, 5) is 25.4. The number of piperidine rings is 1. The van der Waals surface area contributed by atoms with E-state index in [1.165, 1.54) is 12.1 Å². The zero-order chi connectivity index (χ0) is 17.1. The first-order chi connectivity index (χ1) is 11.5. The van der Waals surface area contributed by atoms with Gasteiger partial charge in [-0.3, -0.25) is 9.59 Å². The van der Waals surface area contributed by atoms with E-state index >= 15 is 0 Å². The van der Waals surface area contributed by atoms with E-state index in [-0.39, 0.29) is 29.3 Å². The highest BCUT2D eigenvalue weighted by Gasteiger charge is 2.27. The van der Waals surface area contributed by atoms with Crippen LogP contribution in [0.5, 0.6) is 0 Å². The first-order valence-corrected chi connectivity index (χ1v) is 7.96. The summed E-state index contributed by atoms with van der Waals surface area (Å²) in [7, 11) is 0. The van der Waals surface area contributed by atoms with Gasteiger partial charge in [0.2, 0.25) is 5.91 Å². The maximum Gasteiger partial charge on any atom is 0.289 e. The van der Waals surface area contributed by atoms with E-state index in [9.17, 15) is 14.0 Å². The number of hydrogen-bond acceptors (Lipinski definition) is 3. The molecule has 0 bridgehead atoms. The molecule has 1 aliphatic heterocycles. The van der Waals surface area contributed by atoms with Crippen molar-refractivity contribution in [2.45, 2.75) is 19.3 Å². The average molecular weight is 330 g/mol. The number of benzene rings is 1. The van der Waals surface area contributed by atoms with Gasteiger partial charge in [0.05, 0.1) is 0 Å². The van der Waals surface area contributed by atoms with E-state index in [2.05, 4.69) is 0 Å². The lowest BCUT2D eigenvalue weighted by Crippen LogP contribution is -2.40. The van der Waals surface area contributed by atoms with Crippen LogP contribution in [0.1, 0.15) is 29.8 Å². The van der Waals surface area contributed by atoms with Gasteiger partial charge in [0.25, 0.3) is 5.91 Å². The lowest BCUT2D eigenvalue weighted by Gasteiger charge is -2.31. The Balaban J connectivity index is 1.71. The second-order valence-electron chi connectivity index (χ2n) is 6.10. The zero-order valence-corrected chi connectivity index (χ0v) is 13.2. The molecule has 1 unspecified atom stereocenters. The van der Waals surface area contributed by atoms with Crippen LogP contribution in [-0.4, -0.2) is 29.8 Å². The summed E-state index contributed by atoms with van der Waals surface area (Å²) in [6.07, 6.45) is 2.03. The van der Waals surface area contributed by atoms with Crippen molar-refractivity contribution in [1.29, 1.82) is 0 Å². The Morgan fingerprint density at radius 1 is 1.21 bits per heavy atom.